The topological polar surface area (TPSA) is 140 Å². The maximum Gasteiger partial charge on any atom is 0.341 e. The molecule has 12 nitrogen and oxygen atoms in total. The zero-order chi connectivity index (χ0) is 36.4. The molecule has 2 aliphatic carbocycles. The predicted octanol–water partition coefficient (Wildman–Crippen LogP) is 3.22. The molecule has 0 aromatic carbocycles. The van der Waals surface area contributed by atoms with Gasteiger partial charge in [0.15, 0.2) is 0 Å². The van der Waals surface area contributed by atoms with Gasteiger partial charge in [-0.05, 0) is 92.3 Å². The molecular weight excluding hydrogens is 662 g/mol. The molecule has 7 unspecified atom stereocenters. The number of allylic oxidation sites excluding steroid dienone is 4. The van der Waals surface area contributed by atoms with Crippen LogP contribution in [0.2, 0.25) is 0 Å². The Labute approximate surface area is 306 Å². The Balaban J connectivity index is 1.16. The van der Waals surface area contributed by atoms with E-state index in [1.54, 1.807) is 11.1 Å². The fourth-order valence-corrected chi connectivity index (χ4v) is 10.8. The Morgan fingerprint density at radius 3 is 2.67 bits per heavy atom. The molecule has 7 aliphatic rings. The summed E-state index contributed by atoms with van der Waals surface area (Å²) in [5, 5.41) is 25.9. The van der Waals surface area contributed by atoms with Crippen LogP contribution in [0.5, 0.6) is 0 Å². The number of aliphatic hydroxyl groups is 2. The summed E-state index contributed by atoms with van der Waals surface area (Å²) in [7, 11) is 1.97. The monoisotopic (exact) mass is 715 g/mol. The highest BCUT2D eigenvalue weighted by molar-refractivity contribution is 5.95. The van der Waals surface area contributed by atoms with Gasteiger partial charge in [0.2, 0.25) is 5.91 Å². The third-order valence-corrected chi connectivity index (χ3v) is 13.8. The smallest absolute Gasteiger partial charge is 0.341 e. The highest BCUT2D eigenvalue weighted by atomic mass is 16.6. The number of ether oxygens (including phenoxy) is 3. The number of carbonyl (C=O) groups excluding carboxylic acids is 2. The van der Waals surface area contributed by atoms with Gasteiger partial charge in [-0.3, -0.25) is 19.5 Å². The molecule has 1 aromatic heterocycles. The number of fused-ring (bicyclic) bond motifs is 2. The first kappa shape index (κ1) is 35.6. The Morgan fingerprint density at radius 2 is 1.98 bits per heavy atom. The van der Waals surface area contributed by atoms with Gasteiger partial charge in [-0.2, -0.15) is 0 Å². The molecule has 0 bridgehead atoms. The number of morpholine rings is 1. The summed E-state index contributed by atoms with van der Waals surface area (Å²) in [4.78, 5) is 37.9. The maximum atomic E-state index is 13.9. The van der Waals surface area contributed by atoms with Crippen LogP contribution in [0.3, 0.4) is 0 Å². The molecule has 1 aromatic rings. The van der Waals surface area contributed by atoms with Crippen molar-refractivity contribution in [2.75, 3.05) is 51.9 Å². The van der Waals surface area contributed by atoms with Crippen LogP contribution in [0, 0.1) is 22.7 Å². The molecule has 1 spiro atoms. The van der Waals surface area contributed by atoms with Crippen LogP contribution >= 0.6 is 0 Å². The molecule has 6 heterocycles. The normalized spacial score (nSPS) is 40.3. The van der Waals surface area contributed by atoms with Crippen LogP contribution in [-0.4, -0.2) is 124 Å². The summed E-state index contributed by atoms with van der Waals surface area (Å²) in [6, 6.07) is 5.13. The molecule has 3 saturated heterocycles. The van der Waals surface area contributed by atoms with Gasteiger partial charge >= 0.3 is 5.97 Å². The van der Waals surface area contributed by atoms with Crippen LogP contribution in [0.4, 0.5) is 5.82 Å². The second-order valence-electron chi connectivity index (χ2n) is 16.4. The number of esters is 1. The number of aromatic nitrogens is 1. The lowest BCUT2D eigenvalue weighted by Gasteiger charge is -2.64. The van der Waals surface area contributed by atoms with Gasteiger partial charge < -0.3 is 29.7 Å². The summed E-state index contributed by atoms with van der Waals surface area (Å²) in [5.41, 5.74) is -0.131. The van der Waals surface area contributed by atoms with Crippen LogP contribution in [0.25, 0.3) is 0 Å². The average Bonchev–Trinajstić information content (AvgIpc) is 3.79. The molecule has 10 atom stereocenters. The van der Waals surface area contributed by atoms with E-state index in [1.165, 1.54) is 0 Å². The number of anilines is 1. The number of aliphatic hydroxyl groups excluding tert-OH is 2. The number of amides is 1. The summed E-state index contributed by atoms with van der Waals surface area (Å²) in [6.45, 7) is 9.82. The van der Waals surface area contributed by atoms with E-state index in [9.17, 15) is 19.8 Å². The van der Waals surface area contributed by atoms with Gasteiger partial charge in [-0.25, -0.2) is 9.78 Å². The summed E-state index contributed by atoms with van der Waals surface area (Å²) in [5.74, 6) is 0.709. The maximum absolute atomic E-state index is 13.9. The van der Waals surface area contributed by atoms with E-state index in [4.69, 9.17) is 14.2 Å². The highest BCUT2D eigenvalue weighted by Gasteiger charge is 2.71. The number of pyridine rings is 1. The molecule has 3 N–H and O–H groups in total. The number of rotatable bonds is 9. The molecule has 12 heteroatoms. The van der Waals surface area contributed by atoms with E-state index >= 15 is 0 Å². The second-order valence-corrected chi connectivity index (χ2v) is 16.4. The van der Waals surface area contributed by atoms with E-state index in [0.717, 1.165) is 37.9 Å². The number of cyclic esters (lactones) is 1. The lowest BCUT2D eigenvalue weighted by molar-refractivity contribution is -0.197. The molecular formula is C40H53N5O7. The standard InChI is InChI=1S/C40H53N5O7/c1-5-29-36(48)45-22-25(9-10-35(45)43(29)4)18-26-19-27(37(49)52-26)28(42-34-8-6-7-13-41-34)20-31-38(2)12-11-33(47)39(3,23-46)30(38)21-32(40(31)24-51-40)44-14-16-50-17-15-44/h6-10,13,18-19,22,28-33,35,46-47H,5,11-12,14-17,20-21,23-24H2,1-4H3,(H,41,42)/b26-18+/t28?,29?,30?,31?,32?,33-,35?,38+,39+,40?/m1/s1. The van der Waals surface area contributed by atoms with E-state index in [1.807, 2.05) is 69.6 Å². The number of epoxide rings is 1. The van der Waals surface area contributed by atoms with Gasteiger partial charge in [0.25, 0.3) is 0 Å². The van der Waals surface area contributed by atoms with Crippen molar-refractivity contribution in [3.63, 3.8) is 0 Å². The fourth-order valence-electron chi connectivity index (χ4n) is 10.8. The van der Waals surface area contributed by atoms with Crippen LogP contribution in [0.1, 0.15) is 52.9 Å². The number of nitrogens with zero attached hydrogens (tertiary/aromatic N) is 4. The molecule has 1 amide bonds. The number of hydrogen-bond acceptors (Lipinski definition) is 11. The van der Waals surface area contributed by atoms with Gasteiger partial charge in [0.05, 0.1) is 50.2 Å². The zero-order valence-corrected chi connectivity index (χ0v) is 30.7. The summed E-state index contributed by atoms with van der Waals surface area (Å²) in [6.07, 6.45) is 13.9. The van der Waals surface area contributed by atoms with Crippen molar-refractivity contribution in [1.29, 1.82) is 0 Å². The minimum Gasteiger partial charge on any atom is -0.423 e. The van der Waals surface area contributed by atoms with Crippen molar-refractivity contribution in [3.8, 4) is 0 Å². The van der Waals surface area contributed by atoms with Gasteiger partial charge in [-0.1, -0.05) is 32.9 Å². The average molecular weight is 716 g/mol. The molecule has 280 valence electrons. The minimum absolute atomic E-state index is 0.0153. The SMILES string of the molecule is CCC1C(=O)N2C=C(/C=C3\C=C(C(CC4C5(CO5)C(N5CCOCC5)CC5[C@]4(C)CC[C@@H](O)[C@@]5(C)CO)Nc4ccccn4)C(=O)O3)C=CC2N1C. The van der Waals surface area contributed by atoms with Crippen molar-refractivity contribution in [3.05, 3.63) is 71.8 Å². The Hall–Kier alpha value is -3.39. The van der Waals surface area contributed by atoms with Crippen molar-refractivity contribution in [2.24, 2.45) is 22.7 Å². The number of likely N-dealkylation sites (N-methyl/N-ethyl adjacent to an activating group) is 1. The molecule has 5 aliphatic heterocycles. The van der Waals surface area contributed by atoms with E-state index in [-0.39, 0.29) is 48.0 Å². The first-order valence-electron chi connectivity index (χ1n) is 19.0. The molecule has 8 rings (SSSR count). The molecule has 2 saturated carbocycles. The van der Waals surface area contributed by atoms with Gasteiger partial charge in [0, 0.05) is 36.9 Å². The van der Waals surface area contributed by atoms with E-state index in [2.05, 4.69) is 27.0 Å². The quantitative estimate of drug-likeness (QED) is 0.257. The molecule has 5 fully saturated rings. The second kappa shape index (κ2) is 13.5. The van der Waals surface area contributed by atoms with E-state index < -0.39 is 29.1 Å². The van der Waals surface area contributed by atoms with Gasteiger partial charge in [0.1, 0.15) is 23.3 Å². The number of carbonyl (C=O) groups is 2. The zero-order valence-electron chi connectivity index (χ0n) is 30.7. The Kier molecular flexibility index (Phi) is 9.23. The van der Waals surface area contributed by atoms with Gasteiger partial charge in [-0.15, -0.1) is 0 Å². The fraction of sp³-hybridized carbons (Fsp3) is 0.625. The molecule has 52 heavy (non-hydrogen) atoms. The van der Waals surface area contributed by atoms with Crippen molar-refractivity contribution in [1.82, 2.24) is 19.7 Å². The number of nitrogens with one attached hydrogen (secondary N) is 1. The van der Waals surface area contributed by atoms with Crippen molar-refractivity contribution >= 4 is 17.7 Å². The largest absolute Gasteiger partial charge is 0.423 e. The van der Waals surface area contributed by atoms with Crippen LogP contribution < -0.4 is 5.32 Å². The third-order valence-electron chi connectivity index (χ3n) is 13.8. The first-order valence-corrected chi connectivity index (χ1v) is 19.0. The van der Waals surface area contributed by atoms with E-state index in [0.29, 0.717) is 49.8 Å². The summed E-state index contributed by atoms with van der Waals surface area (Å²) >= 11 is 0. The molecule has 0 radical (unpaired) electrons. The lowest BCUT2D eigenvalue weighted by Crippen LogP contribution is -2.68. The van der Waals surface area contributed by atoms with Crippen molar-refractivity contribution < 1.29 is 34.0 Å². The summed E-state index contributed by atoms with van der Waals surface area (Å²) < 4.78 is 18.3. The lowest BCUT2D eigenvalue weighted by atomic mass is 9.43. The third kappa shape index (κ3) is 5.77. The predicted molar refractivity (Wildman–Crippen MR) is 193 cm³/mol. The van der Waals surface area contributed by atoms with Crippen LogP contribution in [-0.2, 0) is 23.8 Å². The highest BCUT2D eigenvalue weighted by Crippen LogP contribution is 2.67. The van der Waals surface area contributed by atoms with Crippen molar-refractivity contribution in [2.45, 2.75) is 88.9 Å². The first-order chi connectivity index (χ1) is 25.0. The Bertz CT molecular complexity index is 1690. The minimum atomic E-state index is -0.680. The van der Waals surface area contributed by atoms with Crippen LogP contribution in [0.15, 0.2) is 71.8 Å². The Morgan fingerprint density at radius 1 is 1.19 bits per heavy atom. The number of hydrogen-bond donors (Lipinski definition) is 3.